The Hall–Kier alpha value is -1.26. The quantitative estimate of drug-likeness (QED) is 0.619. The van der Waals surface area contributed by atoms with Crippen LogP contribution < -0.4 is 0 Å². The van der Waals surface area contributed by atoms with Crippen molar-refractivity contribution in [2.45, 2.75) is 19.4 Å². The van der Waals surface area contributed by atoms with Gasteiger partial charge >= 0.3 is 0 Å². The van der Waals surface area contributed by atoms with Gasteiger partial charge in [0.15, 0.2) is 5.78 Å². The molecule has 1 fully saturated rings. The Labute approximate surface area is 83.2 Å². The highest BCUT2D eigenvalue weighted by molar-refractivity contribution is 5.92. The van der Waals surface area contributed by atoms with Crippen molar-refractivity contribution in [3.8, 4) is 0 Å². The Morgan fingerprint density at radius 1 is 1.64 bits per heavy atom. The molecule has 0 aliphatic carbocycles. The number of nitrogens with zero attached hydrogens (tertiary/aromatic N) is 3. The maximum atomic E-state index is 11.7. The molecule has 5 heteroatoms. The van der Waals surface area contributed by atoms with E-state index in [0.29, 0.717) is 13.0 Å². The SMILES string of the molecule is CN=NC(C)C(=O)C1CC(=O)N(C)C1. The van der Waals surface area contributed by atoms with E-state index in [-0.39, 0.29) is 17.6 Å². The van der Waals surface area contributed by atoms with Crippen LogP contribution in [0, 0.1) is 5.92 Å². The zero-order valence-electron chi connectivity index (χ0n) is 8.73. The summed E-state index contributed by atoms with van der Waals surface area (Å²) in [6, 6.07) is -0.427. The fourth-order valence-electron chi connectivity index (χ4n) is 1.63. The van der Waals surface area contributed by atoms with Crippen LogP contribution in [0.1, 0.15) is 13.3 Å². The molecule has 0 saturated carbocycles. The molecule has 78 valence electrons. The van der Waals surface area contributed by atoms with E-state index >= 15 is 0 Å². The number of azo groups is 1. The van der Waals surface area contributed by atoms with E-state index in [1.807, 2.05) is 0 Å². The van der Waals surface area contributed by atoms with Gasteiger partial charge in [-0.05, 0) is 6.92 Å². The number of Topliss-reactive ketones (excluding diaryl/α,β-unsaturated/α-hetero) is 1. The van der Waals surface area contributed by atoms with Crippen LogP contribution in [-0.2, 0) is 9.59 Å². The Morgan fingerprint density at radius 2 is 2.29 bits per heavy atom. The first-order valence-electron chi connectivity index (χ1n) is 4.63. The Bertz CT molecular complexity index is 275. The number of rotatable bonds is 3. The van der Waals surface area contributed by atoms with Crippen LogP contribution >= 0.6 is 0 Å². The minimum Gasteiger partial charge on any atom is -0.345 e. The summed E-state index contributed by atoms with van der Waals surface area (Å²) in [4.78, 5) is 24.5. The molecule has 2 atom stereocenters. The van der Waals surface area contributed by atoms with Gasteiger partial charge in [0.05, 0.1) is 0 Å². The van der Waals surface area contributed by atoms with E-state index in [1.165, 1.54) is 7.05 Å². The zero-order valence-corrected chi connectivity index (χ0v) is 8.73. The van der Waals surface area contributed by atoms with Gasteiger partial charge in [-0.1, -0.05) is 0 Å². The molecule has 0 bridgehead atoms. The molecular weight excluding hydrogens is 182 g/mol. The van der Waals surface area contributed by atoms with Crippen LogP contribution in [0.5, 0.6) is 0 Å². The van der Waals surface area contributed by atoms with Gasteiger partial charge in [0.2, 0.25) is 5.91 Å². The first kappa shape index (κ1) is 10.8. The molecule has 0 radical (unpaired) electrons. The third-order valence-corrected chi connectivity index (χ3v) is 2.44. The molecule has 0 aromatic carbocycles. The van der Waals surface area contributed by atoms with Crippen molar-refractivity contribution in [2.24, 2.45) is 16.1 Å². The zero-order chi connectivity index (χ0) is 10.7. The van der Waals surface area contributed by atoms with Crippen LogP contribution in [-0.4, -0.2) is 43.3 Å². The lowest BCUT2D eigenvalue weighted by molar-refractivity contribution is -0.128. The number of amides is 1. The van der Waals surface area contributed by atoms with Crippen LogP contribution in [0.25, 0.3) is 0 Å². The Kier molecular flexibility index (Phi) is 3.33. The molecular formula is C9H15N3O2. The molecule has 0 aromatic rings. The molecule has 0 aromatic heterocycles. The van der Waals surface area contributed by atoms with Crippen molar-refractivity contribution in [3.63, 3.8) is 0 Å². The molecule has 1 heterocycles. The number of ketones is 1. The van der Waals surface area contributed by atoms with Gasteiger partial charge in [-0.15, -0.1) is 0 Å². The van der Waals surface area contributed by atoms with Crippen molar-refractivity contribution < 1.29 is 9.59 Å². The average Bonchev–Trinajstić information content (AvgIpc) is 2.46. The second-order valence-corrected chi connectivity index (χ2v) is 3.57. The summed E-state index contributed by atoms with van der Waals surface area (Å²) in [7, 11) is 3.25. The normalized spacial score (nSPS) is 24.6. The maximum Gasteiger partial charge on any atom is 0.223 e. The van der Waals surface area contributed by atoms with Crippen LogP contribution in [0.2, 0.25) is 0 Å². The van der Waals surface area contributed by atoms with Crippen LogP contribution in [0.4, 0.5) is 0 Å². The predicted octanol–water partition coefficient (Wildman–Crippen LogP) is 0.504. The number of carbonyl (C=O) groups excluding carboxylic acids is 2. The van der Waals surface area contributed by atoms with Crippen molar-refractivity contribution in [3.05, 3.63) is 0 Å². The van der Waals surface area contributed by atoms with Gasteiger partial charge in [0, 0.05) is 33.0 Å². The molecule has 1 aliphatic heterocycles. The third kappa shape index (κ3) is 2.16. The van der Waals surface area contributed by atoms with E-state index in [9.17, 15) is 9.59 Å². The van der Waals surface area contributed by atoms with Gasteiger partial charge in [-0.3, -0.25) is 9.59 Å². The number of hydrogen-bond acceptors (Lipinski definition) is 4. The van der Waals surface area contributed by atoms with E-state index in [2.05, 4.69) is 10.2 Å². The van der Waals surface area contributed by atoms with Gasteiger partial charge < -0.3 is 4.90 Å². The monoisotopic (exact) mass is 197 g/mol. The Balaban J connectivity index is 2.59. The fraction of sp³-hybridized carbons (Fsp3) is 0.778. The summed E-state index contributed by atoms with van der Waals surface area (Å²) in [6.45, 7) is 2.22. The lowest BCUT2D eigenvalue weighted by atomic mass is 9.99. The third-order valence-electron chi connectivity index (χ3n) is 2.44. The van der Waals surface area contributed by atoms with Crippen molar-refractivity contribution in [2.75, 3.05) is 20.6 Å². The minimum absolute atomic E-state index is 0.00769. The molecule has 5 nitrogen and oxygen atoms in total. The Morgan fingerprint density at radius 3 is 2.71 bits per heavy atom. The smallest absolute Gasteiger partial charge is 0.223 e. The number of carbonyl (C=O) groups is 2. The minimum atomic E-state index is -0.427. The molecule has 0 N–H and O–H groups in total. The average molecular weight is 197 g/mol. The summed E-state index contributed by atoms with van der Waals surface area (Å²) in [5.74, 6) is -0.162. The standard InChI is InChI=1S/C9H15N3O2/c1-6(11-10-2)9(14)7-4-8(13)12(3)5-7/h6-7H,4-5H2,1-3H3. The fourth-order valence-corrected chi connectivity index (χ4v) is 1.63. The summed E-state index contributed by atoms with van der Waals surface area (Å²) < 4.78 is 0. The van der Waals surface area contributed by atoms with Crippen molar-refractivity contribution in [1.29, 1.82) is 0 Å². The number of likely N-dealkylation sites (tertiary alicyclic amines) is 1. The predicted molar refractivity (Wildman–Crippen MR) is 51.0 cm³/mol. The lowest BCUT2D eigenvalue weighted by Crippen LogP contribution is -2.26. The summed E-state index contributed by atoms with van der Waals surface area (Å²) in [5.41, 5.74) is 0. The second-order valence-electron chi connectivity index (χ2n) is 3.57. The second kappa shape index (κ2) is 4.30. The molecule has 1 aliphatic rings. The van der Waals surface area contributed by atoms with E-state index < -0.39 is 6.04 Å². The van der Waals surface area contributed by atoms with Gasteiger partial charge in [0.25, 0.3) is 0 Å². The van der Waals surface area contributed by atoms with Crippen LogP contribution in [0.15, 0.2) is 10.2 Å². The van der Waals surface area contributed by atoms with Gasteiger partial charge in [-0.25, -0.2) is 0 Å². The molecule has 1 rings (SSSR count). The highest BCUT2D eigenvalue weighted by Gasteiger charge is 2.34. The van der Waals surface area contributed by atoms with Crippen molar-refractivity contribution in [1.82, 2.24) is 4.90 Å². The lowest BCUT2D eigenvalue weighted by Gasteiger charge is -2.10. The first-order chi connectivity index (χ1) is 6.56. The molecule has 14 heavy (non-hydrogen) atoms. The summed E-state index contributed by atoms with van der Waals surface area (Å²) in [5, 5.41) is 7.34. The molecule has 0 spiro atoms. The number of hydrogen-bond donors (Lipinski definition) is 0. The van der Waals surface area contributed by atoms with E-state index in [4.69, 9.17) is 0 Å². The molecule has 2 unspecified atom stereocenters. The van der Waals surface area contributed by atoms with Crippen molar-refractivity contribution >= 4 is 11.7 Å². The van der Waals surface area contributed by atoms with Gasteiger partial charge in [-0.2, -0.15) is 10.2 Å². The maximum absolute atomic E-state index is 11.7. The largest absolute Gasteiger partial charge is 0.345 e. The molecule has 1 amide bonds. The van der Waals surface area contributed by atoms with Gasteiger partial charge in [0.1, 0.15) is 6.04 Å². The van der Waals surface area contributed by atoms with E-state index in [1.54, 1.807) is 18.9 Å². The summed E-state index contributed by atoms with van der Waals surface area (Å²) in [6.07, 6.45) is 0.318. The van der Waals surface area contributed by atoms with E-state index in [0.717, 1.165) is 0 Å². The summed E-state index contributed by atoms with van der Waals surface area (Å²) >= 11 is 0. The highest BCUT2D eigenvalue weighted by Crippen LogP contribution is 2.19. The first-order valence-corrected chi connectivity index (χ1v) is 4.63. The molecule has 1 saturated heterocycles. The topological polar surface area (TPSA) is 62.1 Å². The van der Waals surface area contributed by atoms with Crippen LogP contribution in [0.3, 0.4) is 0 Å². The highest BCUT2D eigenvalue weighted by atomic mass is 16.2.